The van der Waals surface area contributed by atoms with Crippen molar-refractivity contribution in [2.24, 2.45) is 0 Å². The number of H-pyrrole nitrogens is 1. The first-order valence-electron chi connectivity index (χ1n) is 14.5. The second kappa shape index (κ2) is 12.1. The Morgan fingerprint density at radius 2 is 1.81 bits per heavy atom. The molecule has 2 aliphatic heterocycles. The maximum Gasteiger partial charge on any atom is 0.324 e. The number of carbonyl (C=O) groups excluding carboxylic acids is 3. The highest BCUT2D eigenvalue weighted by atomic mass is 16.5. The minimum Gasteiger partial charge on any atom is -0.359 e. The van der Waals surface area contributed by atoms with Crippen molar-refractivity contribution in [3.63, 3.8) is 0 Å². The van der Waals surface area contributed by atoms with Crippen LogP contribution in [0.25, 0.3) is 11.6 Å². The number of hydrogen-bond acceptors (Lipinski definition) is 7. The Hall–Kier alpha value is -4.42. The summed E-state index contributed by atoms with van der Waals surface area (Å²) in [6, 6.07) is 6.43. The number of urea groups is 1. The molecule has 0 aliphatic carbocycles. The molecule has 0 unspecified atom stereocenters. The molecule has 1 aromatic carbocycles. The predicted molar refractivity (Wildman–Crippen MR) is 168 cm³/mol. The summed E-state index contributed by atoms with van der Waals surface area (Å²) in [5, 5.41) is 15.3. The van der Waals surface area contributed by atoms with Gasteiger partial charge in [-0.25, -0.2) is 4.79 Å². The Balaban J connectivity index is 1.23. The normalized spacial score (nSPS) is 16.7. The molecule has 0 bridgehead atoms. The van der Waals surface area contributed by atoms with E-state index in [-0.39, 0.29) is 17.2 Å². The van der Waals surface area contributed by atoms with Crippen LogP contribution in [0.3, 0.4) is 0 Å². The van der Waals surface area contributed by atoms with Crippen LogP contribution in [0.1, 0.15) is 55.5 Å². The molecule has 4 amide bonds. The van der Waals surface area contributed by atoms with Gasteiger partial charge < -0.3 is 35.3 Å². The third kappa shape index (κ3) is 6.98. The van der Waals surface area contributed by atoms with Crippen molar-refractivity contribution >= 4 is 52.4 Å². The van der Waals surface area contributed by atoms with Crippen LogP contribution >= 0.6 is 0 Å². The van der Waals surface area contributed by atoms with Gasteiger partial charge in [0.15, 0.2) is 5.82 Å². The molecule has 43 heavy (non-hydrogen) atoms. The van der Waals surface area contributed by atoms with Gasteiger partial charge in [0.25, 0.3) is 5.91 Å². The van der Waals surface area contributed by atoms with E-state index in [4.69, 9.17) is 4.52 Å². The zero-order valence-corrected chi connectivity index (χ0v) is 25.6. The summed E-state index contributed by atoms with van der Waals surface area (Å²) in [6.07, 6.45) is 2.21. The lowest BCUT2D eigenvalue weighted by molar-refractivity contribution is -0.116. The molecular formula is C31H40N8O4. The number of hydrogen-bond donors (Lipinski definition) is 5. The lowest BCUT2D eigenvalue weighted by Gasteiger charge is -2.32. The van der Waals surface area contributed by atoms with Gasteiger partial charge >= 0.3 is 6.03 Å². The number of anilines is 4. The van der Waals surface area contributed by atoms with E-state index in [0.717, 1.165) is 55.4 Å². The summed E-state index contributed by atoms with van der Waals surface area (Å²) in [6.45, 7) is 14.5. The van der Waals surface area contributed by atoms with Crippen molar-refractivity contribution in [1.29, 1.82) is 0 Å². The number of fused-ring (bicyclic) bond motifs is 1. The van der Waals surface area contributed by atoms with E-state index in [2.05, 4.69) is 48.3 Å². The molecule has 5 N–H and O–H groups in total. The van der Waals surface area contributed by atoms with Crippen LogP contribution in [0.5, 0.6) is 0 Å². The van der Waals surface area contributed by atoms with E-state index >= 15 is 0 Å². The number of aromatic nitrogens is 2. The van der Waals surface area contributed by atoms with Crippen LogP contribution in [0, 0.1) is 13.8 Å². The number of aryl methyl sites for hydroxylation is 1. The highest BCUT2D eigenvalue weighted by molar-refractivity contribution is 6.35. The minimum absolute atomic E-state index is 0.0328. The molecule has 0 radical (unpaired) electrons. The quantitative estimate of drug-likeness (QED) is 0.253. The molecular weight excluding hydrogens is 548 g/mol. The average molecular weight is 589 g/mol. The fourth-order valence-electron chi connectivity index (χ4n) is 5.17. The lowest BCUT2D eigenvalue weighted by Crippen LogP contribution is -2.45. The van der Waals surface area contributed by atoms with Gasteiger partial charge in [-0.15, -0.1) is 0 Å². The minimum atomic E-state index is -0.482. The standard InChI is InChI=1S/C31H40N8O4/c1-18-23(32-19(2)28(18)36-27(40)9-10-39-13-11-38(6)12-14-39)16-22-21-8-7-20(15-24(21)34-29(22)41)33-30(42)35-26-17-25(43-37-26)31(3,4)5/h7-8,15-17,32H,9-14H2,1-6H3,(H,34,41)(H,36,40)(H2,33,35,37,42). The number of nitrogens with one attached hydrogen (secondary N) is 5. The SMILES string of the molecule is Cc1[nH]c(C=C2C(=O)Nc3cc(NC(=O)Nc4cc(C(C)(C)C)on4)ccc32)c(C)c1NC(=O)CCN1CCN(C)CC1. The van der Waals surface area contributed by atoms with Crippen molar-refractivity contribution < 1.29 is 18.9 Å². The fourth-order valence-corrected chi connectivity index (χ4v) is 5.17. The van der Waals surface area contributed by atoms with Crippen LogP contribution in [0.2, 0.25) is 0 Å². The molecule has 228 valence electrons. The Morgan fingerprint density at radius 3 is 2.51 bits per heavy atom. The number of benzene rings is 1. The average Bonchev–Trinajstić information content (AvgIpc) is 3.61. The molecule has 12 heteroatoms. The maximum absolute atomic E-state index is 12.9. The monoisotopic (exact) mass is 588 g/mol. The van der Waals surface area contributed by atoms with E-state index in [0.29, 0.717) is 40.5 Å². The van der Waals surface area contributed by atoms with Gasteiger partial charge in [0.2, 0.25) is 5.91 Å². The number of amides is 4. The van der Waals surface area contributed by atoms with Crippen molar-refractivity contribution in [3.05, 3.63) is 52.5 Å². The molecule has 5 rings (SSSR count). The molecule has 12 nitrogen and oxygen atoms in total. The summed E-state index contributed by atoms with van der Waals surface area (Å²) in [7, 11) is 2.11. The lowest BCUT2D eigenvalue weighted by atomic mass is 9.93. The van der Waals surface area contributed by atoms with Crippen molar-refractivity contribution in [3.8, 4) is 0 Å². The van der Waals surface area contributed by atoms with Gasteiger partial charge in [-0.05, 0) is 44.7 Å². The Labute approximate surface area is 251 Å². The third-order valence-corrected chi connectivity index (χ3v) is 7.83. The fraction of sp³-hybridized carbons (Fsp3) is 0.419. The number of carbonyl (C=O) groups is 3. The smallest absolute Gasteiger partial charge is 0.324 e. The van der Waals surface area contributed by atoms with E-state index in [1.54, 1.807) is 30.3 Å². The molecule has 2 aromatic heterocycles. The van der Waals surface area contributed by atoms with Gasteiger partial charge in [-0.1, -0.05) is 32.0 Å². The summed E-state index contributed by atoms with van der Waals surface area (Å²) < 4.78 is 5.31. The highest BCUT2D eigenvalue weighted by Gasteiger charge is 2.26. The van der Waals surface area contributed by atoms with Gasteiger partial charge in [0, 0.05) is 73.3 Å². The number of nitrogens with zero attached hydrogens (tertiary/aromatic N) is 3. The van der Waals surface area contributed by atoms with E-state index < -0.39 is 6.03 Å². The second-order valence-electron chi connectivity index (χ2n) is 12.3. The summed E-state index contributed by atoms with van der Waals surface area (Å²) in [5.74, 6) is 0.683. The largest absolute Gasteiger partial charge is 0.359 e. The first-order valence-corrected chi connectivity index (χ1v) is 14.5. The summed E-state index contributed by atoms with van der Waals surface area (Å²) in [4.78, 5) is 46.2. The maximum atomic E-state index is 12.9. The zero-order valence-electron chi connectivity index (χ0n) is 25.6. The van der Waals surface area contributed by atoms with E-state index in [1.165, 1.54) is 0 Å². The van der Waals surface area contributed by atoms with Crippen LogP contribution in [0.15, 0.2) is 28.8 Å². The number of piperazine rings is 1. The Bertz CT molecular complexity index is 1570. The van der Waals surface area contributed by atoms with Crippen molar-refractivity contribution in [2.45, 2.75) is 46.5 Å². The molecule has 4 heterocycles. The first kappa shape index (κ1) is 30.1. The molecule has 1 saturated heterocycles. The molecule has 0 atom stereocenters. The predicted octanol–water partition coefficient (Wildman–Crippen LogP) is 4.63. The van der Waals surface area contributed by atoms with Gasteiger partial charge in [-0.3, -0.25) is 14.9 Å². The zero-order chi connectivity index (χ0) is 30.9. The highest BCUT2D eigenvalue weighted by Crippen LogP contribution is 2.36. The van der Waals surface area contributed by atoms with Crippen LogP contribution < -0.4 is 21.3 Å². The van der Waals surface area contributed by atoms with Gasteiger partial charge in [-0.2, -0.15) is 0 Å². The molecule has 2 aliphatic rings. The van der Waals surface area contributed by atoms with Crippen molar-refractivity contribution in [2.75, 3.05) is 61.0 Å². The summed E-state index contributed by atoms with van der Waals surface area (Å²) in [5.41, 5.74) is 5.22. The van der Waals surface area contributed by atoms with Crippen LogP contribution in [-0.4, -0.2) is 77.6 Å². The number of rotatable bonds is 7. The van der Waals surface area contributed by atoms with E-state index in [1.807, 2.05) is 34.6 Å². The Kier molecular flexibility index (Phi) is 8.43. The third-order valence-electron chi connectivity index (χ3n) is 7.83. The van der Waals surface area contributed by atoms with E-state index in [9.17, 15) is 14.4 Å². The number of aromatic amines is 1. The molecule has 0 saturated carbocycles. The first-order chi connectivity index (χ1) is 20.4. The topological polar surface area (TPSA) is 148 Å². The van der Waals surface area contributed by atoms with Gasteiger partial charge in [0.05, 0.1) is 16.9 Å². The van der Waals surface area contributed by atoms with Crippen LogP contribution in [0.4, 0.5) is 27.7 Å². The van der Waals surface area contributed by atoms with Crippen molar-refractivity contribution in [1.82, 2.24) is 19.9 Å². The van der Waals surface area contributed by atoms with Gasteiger partial charge in [0.1, 0.15) is 5.76 Å². The molecule has 3 aromatic rings. The molecule has 1 fully saturated rings. The second-order valence-corrected chi connectivity index (χ2v) is 12.3. The summed E-state index contributed by atoms with van der Waals surface area (Å²) >= 11 is 0. The van der Waals surface area contributed by atoms with Crippen LogP contribution in [-0.2, 0) is 15.0 Å². The Morgan fingerprint density at radius 1 is 1.07 bits per heavy atom. The number of likely N-dealkylation sites (N-methyl/N-ethyl adjacent to an activating group) is 1. The molecule has 0 spiro atoms.